The van der Waals surface area contributed by atoms with Crippen LogP contribution in [0.15, 0.2) is 42.5 Å². The van der Waals surface area contributed by atoms with E-state index < -0.39 is 5.91 Å². The predicted octanol–water partition coefficient (Wildman–Crippen LogP) is 2.60. The Morgan fingerprint density at radius 1 is 1.23 bits per heavy atom. The highest BCUT2D eigenvalue weighted by atomic mass is 16.2. The molecule has 2 aromatic carbocycles. The van der Waals surface area contributed by atoms with Crippen molar-refractivity contribution in [2.75, 3.05) is 10.6 Å². The minimum Gasteiger partial charge on any atom is -0.380 e. The molecule has 0 radical (unpaired) electrons. The Morgan fingerprint density at radius 3 is 2.77 bits per heavy atom. The molecule has 0 fully saturated rings. The third kappa shape index (κ3) is 2.65. The van der Waals surface area contributed by atoms with Crippen LogP contribution in [0.4, 0.5) is 11.4 Å². The highest BCUT2D eigenvalue weighted by Crippen LogP contribution is 2.36. The third-order valence-electron chi connectivity index (χ3n) is 3.68. The van der Waals surface area contributed by atoms with Crippen molar-refractivity contribution < 1.29 is 9.59 Å². The maximum Gasteiger partial charge on any atom is 0.248 e. The van der Waals surface area contributed by atoms with Gasteiger partial charge in [0, 0.05) is 23.6 Å². The quantitative estimate of drug-likeness (QED) is 0.796. The molecule has 1 aliphatic rings. The van der Waals surface area contributed by atoms with Gasteiger partial charge in [0.25, 0.3) is 0 Å². The Morgan fingerprint density at radius 2 is 2.00 bits per heavy atom. The van der Waals surface area contributed by atoms with Crippen LogP contribution in [0.25, 0.3) is 11.1 Å². The number of benzene rings is 2. The molecule has 1 atom stereocenters. The summed E-state index contributed by atoms with van der Waals surface area (Å²) in [4.78, 5) is 23.2. The van der Waals surface area contributed by atoms with Crippen LogP contribution >= 0.6 is 0 Å². The van der Waals surface area contributed by atoms with E-state index in [0.29, 0.717) is 12.0 Å². The predicted molar refractivity (Wildman–Crippen MR) is 86.7 cm³/mol. The number of amides is 2. The van der Waals surface area contributed by atoms with Gasteiger partial charge in [-0.05, 0) is 30.7 Å². The van der Waals surface area contributed by atoms with Crippen molar-refractivity contribution in [2.45, 2.75) is 19.4 Å². The number of anilines is 2. The first kappa shape index (κ1) is 14.1. The molecular weight excluding hydrogens is 278 g/mol. The van der Waals surface area contributed by atoms with Crippen LogP contribution in [0.3, 0.4) is 0 Å². The van der Waals surface area contributed by atoms with Gasteiger partial charge in [0.1, 0.15) is 0 Å². The molecule has 0 unspecified atom stereocenters. The molecule has 0 saturated carbocycles. The van der Waals surface area contributed by atoms with E-state index in [1.54, 1.807) is 18.2 Å². The zero-order chi connectivity index (χ0) is 15.7. The molecule has 1 aliphatic heterocycles. The second kappa shape index (κ2) is 5.52. The Hall–Kier alpha value is -2.82. The lowest BCUT2D eigenvalue weighted by Crippen LogP contribution is -2.19. The molecule has 3 rings (SSSR count). The SMILES string of the molecule is C[C@@H]1CC(=O)Nc2cccc(-c3cccc(C(N)=O)c3)c2N1. The van der Waals surface area contributed by atoms with Crippen molar-refractivity contribution in [3.05, 3.63) is 48.0 Å². The van der Waals surface area contributed by atoms with Gasteiger partial charge in [-0.1, -0.05) is 24.3 Å². The van der Waals surface area contributed by atoms with Crippen molar-refractivity contribution >= 4 is 23.2 Å². The second-order valence-electron chi connectivity index (χ2n) is 5.47. The molecule has 4 N–H and O–H groups in total. The van der Waals surface area contributed by atoms with Gasteiger partial charge in [0.15, 0.2) is 0 Å². The maximum atomic E-state index is 11.8. The number of rotatable bonds is 2. The van der Waals surface area contributed by atoms with E-state index in [2.05, 4.69) is 10.6 Å². The lowest BCUT2D eigenvalue weighted by atomic mass is 10.00. The number of fused-ring (bicyclic) bond motifs is 1. The average molecular weight is 295 g/mol. The van der Waals surface area contributed by atoms with E-state index in [-0.39, 0.29) is 11.9 Å². The molecule has 5 nitrogen and oxygen atoms in total. The van der Waals surface area contributed by atoms with E-state index in [0.717, 1.165) is 22.5 Å². The van der Waals surface area contributed by atoms with Gasteiger partial charge in [0.05, 0.1) is 11.4 Å². The second-order valence-corrected chi connectivity index (χ2v) is 5.47. The molecule has 5 heteroatoms. The molecule has 0 bridgehead atoms. The number of nitrogens with two attached hydrogens (primary N) is 1. The summed E-state index contributed by atoms with van der Waals surface area (Å²) in [6.07, 6.45) is 0.412. The first-order chi connectivity index (χ1) is 10.5. The number of carbonyl (C=O) groups is 2. The lowest BCUT2D eigenvalue weighted by molar-refractivity contribution is -0.116. The van der Waals surface area contributed by atoms with Crippen LogP contribution in [0.5, 0.6) is 0 Å². The van der Waals surface area contributed by atoms with Crippen molar-refractivity contribution in [3.63, 3.8) is 0 Å². The first-order valence-electron chi connectivity index (χ1n) is 7.14. The average Bonchev–Trinajstić information content (AvgIpc) is 2.63. The molecule has 112 valence electrons. The summed E-state index contributed by atoms with van der Waals surface area (Å²) < 4.78 is 0. The van der Waals surface area contributed by atoms with Crippen molar-refractivity contribution in [3.8, 4) is 11.1 Å². The normalized spacial score (nSPS) is 17.0. The van der Waals surface area contributed by atoms with E-state index in [1.165, 1.54) is 0 Å². The number of nitrogens with one attached hydrogen (secondary N) is 2. The monoisotopic (exact) mass is 295 g/mol. The summed E-state index contributed by atoms with van der Waals surface area (Å²) in [5.41, 5.74) is 9.23. The fourth-order valence-corrected chi connectivity index (χ4v) is 2.67. The minimum atomic E-state index is -0.460. The largest absolute Gasteiger partial charge is 0.380 e. The Balaban J connectivity index is 2.13. The fraction of sp³-hybridized carbons (Fsp3) is 0.176. The Labute approximate surface area is 128 Å². The first-order valence-corrected chi connectivity index (χ1v) is 7.14. The summed E-state index contributed by atoms with van der Waals surface area (Å²) in [6, 6.07) is 12.9. The van der Waals surface area contributed by atoms with Crippen molar-refractivity contribution in [1.82, 2.24) is 0 Å². The highest BCUT2D eigenvalue weighted by molar-refractivity contribution is 6.01. The fourth-order valence-electron chi connectivity index (χ4n) is 2.67. The topological polar surface area (TPSA) is 84.2 Å². The molecular formula is C17H17N3O2. The zero-order valence-electron chi connectivity index (χ0n) is 12.2. The van der Waals surface area contributed by atoms with Crippen LogP contribution in [0.1, 0.15) is 23.7 Å². The lowest BCUT2D eigenvalue weighted by Gasteiger charge is -2.17. The van der Waals surface area contributed by atoms with Gasteiger partial charge in [-0.3, -0.25) is 9.59 Å². The van der Waals surface area contributed by atoms with Crippen LogP contribution in [0, 0.1) is 0 Å². The van der Waals surface area contributed by atoms with Crippen LogP contribution < -0.4 is 16.4 Å². The van der Waals surface area contributed by atoms with Gasteiger partial charge in [0.2, 0.25) is 11.8 Å². The molecule has 2 amide bonds. The number of primary amides is 1. The summed E-state index contributed by atoms with van der Waals surface area (Å²) in [6.45, 7) is 1.96. The van der Waals surface area contributed by atoms with Gasteiger partial charge in [-0.15, -0.1) is 0 Å². The summed E-state index contributed by atoms with van der Waals surface area (Å²) in [7, 11) is 0. The van der Waals surface area contributed by atoms with Gasteiger partial charge in [-0.2, -0.15) is 0 Å². The molecule has 0 saturated heterocycles. The number of para-hydroxylation sites is 1. The van der Waals surface area contributed by atoms with Crippen LogP contribution in [0.2, 0.25) is 0 Å². The molecule has 0 aliphatic carbocycles. The van der Waals surface area contributed by atoms with Crippen molar-refractivity contribution in [2.24, 2.45) is 5.73 Å². The molecule has 2 aromatic rings. The smallest absolute Gasteiger partial charge is 0.248 e. The zero-order valence-corrected chi connectivity index (χ0v) is 12.2. The Kier molecular flexibility index (Phi) is 3.55. The number of hydrogen-bond acceptors (Lipinski definition) is 3. The summed E-state index contributed by atoms with van der Waals surface area (Å²) in [5.74, 6) is -0.472. The van der Waals surface area contributed by atoms with E-state index >= 15 is 0 Å². The summed E-state index contributed by atoms with van der Waals surface area (Å²) in [5, 5.41) is 6.28. The van der Waals surface area contributed by atoms with Gasteiger partial charge in [-0.25, -0.2) is 0 Å². The third-order valence-corrected chi connectivity index (χ3v) is 3.68. The molecule has 1 heterocycles. The minimum absolute atomic E-state index is 0.0122. The van der Waals surface area contributed by atoms with Gasteiger partial charge < -0.3 is 16.4 Å². The van der Waals surface area contributed by atoms with E-state index in [1.807, 2.05) is 31.2 Å². The Bertz CT molecular complexity index is 755. The van der Waals surface area contributed by atoms with E-state index in [9.17, 15) is 9.59 Å². The summed E-state index contributed by atoms with van der Waals surface area (Å²) >= 11 is 0. The van der Waals surface area contributed by atoms with Gasteiger partial charge >= 0.3 is 0 Å². The molecule has 0 spiro atoms. The van der Waals surface area contributed by atoms with Crippen LogP contribution in [-0.4, -0.2) is 17.9 Å². The van der Waals surface area contributed by atoms with E-state index in [4.69, 9.17) is 5.73 Å². The number of hydrogen-bond donors (Lipinski definition) is 3. The number of carbonyl (C=O) groups excluding carboxylic acids is 2. The van der Waals surface area contributed by atoms with Crippen LogP contribution in [-0.2, 0) is 4.79 Å². The standard InChI is InChI=1S/C17H17N3O2/c1-10-8-15(21)20-14-7-3-6-13(16(14)19-10)11-4-2-5-12(9-11)17(18)22/h2-7,9-10,19H,8H2,1H3,(H2,18,22)(H,20,21)/t10-/m1/s1. The van der Waals surface area contributed by atoms with Crippen molar-refractivity contribution in [1.29, 1.82) is 0 Å². The molecule has 22 heavy (non-hydrogen) atoms. The molecule has 0 aromatic heterocycles. The maximum absolute atomic E-state index is 11.8. The highest BCUT2D eigenvalue weighted by Gasteiger charge is 2.20.